The van der Waals surface area contributed by atoms with Crippen LogP contribution < -0.4 is 10.6 Å². The van der Waals surface area contributed by atoms with Crippen LogP contribution in [-0.2, 0) is 22.5 Å². The molecule has 0 saturated carbocycles. The third-order valence-corrected chi connectivity index (χ3v) is 3.65. The number of amides is 2. The average molecular weight is 348 g/mol. The summed E-state index contributed by atoms with van der Waals surface area (Å²) in [5, 5.41) is 7.48. The molecule has 0 unspecified atom stereocenters. The zero-order valence-electron chi connectivity index (χ0n) is 13.6. The van der Waals surface area contributed by atoms with E-state index in [-0.39, 0.29) is 18.2 Å². The SMILES string of the molecule is CC(C)COC(=O)Nc1nc(CC(=O)NCc2ccccn2)cs1. The molecule has 2 heterocycles. The number of nitrogens with zero attached hydrogens (tertiary/aromatic N) is 2. The second kappa shape index (κ2) is 8.97. The Labute approximate surface area is 144 Å². The minimum Gasteiger partial charge on any atom is -0.449 e. The summed E-state index contributed by atoms with van der Waals surface area (Å²) in [5.41, 5.74) is 1.39. The number of aromatic nitrogens is 2. The van der Waals surface area contributed by atoms with Crippen molar-refractivity contribution in [3.05, 3.63) is 41.2 Å². The van der Waals surface area contributed by atoms with Gasteiger partial charge in [0, 0.05) is 11.6 Å². The lowest BCUT2D eigenvalue weighted by Crippen LogP contribution is -2.25. The van der Waals surface area contributed by atoms with E-state index < -0.39 is 6.09 Å². The van der Waals surface area contributed by atoms with Gasteiger partial charge in [0.2, 0.25) is 5.91 Å². The largest absolute Gasteiger partial charge is 0.449 e. The van der Waals surface area contributed by atoms with E-state index in [4.69, 9.17) is 4.74 Å². The summed E-state index contributed by atoms with van der Waals surface area (Å²) in [6, 6.07) is 5.53. The van der Waals surface area contributed by atoms with Crippen LogP contribution in [0.1, 0.15) is 25.2 Å². The Morgan fingerprint density at radius 2 is 2.12 bits per heavy atom. The first kappa shape index (κ1) is 17.9. The smallest absolute Gasteiger partial charge is 0.413 e. The van der Waals surface area contributed by atoms with E-state index in [2.05, 4.69) is 20.6 Å². The van der Waals surface area contributed by atoms with Crippen LogP contribution in [0.5, 0.6) is 0 Å². The van der Waals surface area contributed by atoms with Crippen molar-refractivity contribution < 1.29 is 14.3 Å². The molecule has 0 aliphatic rings. The van der Waals surface area contributed by atoms with Crippen LogP contribution in [-0.4, -0.2) is 28.6 Å². The Bertz CT molecular complexity index is 673. The zero-order chi connectivity index (χ0) is 17.4. The van der Waals surface area contributed by atoms with Crippen LogP contribution >= 0.6 is 11.3 Å². The normalized spacial score (nSPS) is 10.5. The average Bonchev–Trinajstić information content (AvgIpc) is 2.99. The Morgan fingerprint density at radius 3 is 2.83 bits per heavy atom. The van der Waals surface area contributed by atoms with Gasteiger partial charge in [-0.2, -0.15) is 0 Å². The van der Waals surface area contributed by atoms with Gasteiger partial charge in [0.15, 0.2) is 5.13 Å². The van der Waals surface area contributed by atoms with Crippen LogP contribution in [0, 0.1) is 5.92 Å². The minimum absolute atomic E-state index is 0.145. The van der Waals surface area contributed by atoms with Crippen molar-refractivity contribution in [1.29, 1.82) is 0 Å². The highest BCUT2D eigenvalue weighted by Gasteiger charge is 2.11. The fourth-order valence-corrected chi connectivity index (χ4v) is 2.43. The number of thiazole rings is 1. The van der Waals surface area contributed by atoms with Crippen LogP contribution in [0.15, 0.2) is 29.8 Å². The maximum absolute atomic E-state index is 11.9. The number of ether oxygens (including phenoxy) is 1. The highest BCUT2D eigenvalue weighted by Crippen LogP contribution is 2.16. The molecule has 0 aromatic carbocycles. The standard InChI is InChI=1S/C16H20N4O3S/c1-11(2)9-23-16(22)20-15-19-13(10-24-15)7-14(21)18-8-12-5-3-4-6-17-12/h3-6,10-11H,7-9H2,1-2H3,(H,18,21)(H,19,20,22). The van der Waals surface area contributed by atoms with Crippen LogP contribution in [0.25, 0.3) is 0 Å². The van der Waals surface area contributed by atoms with E-state index in [9.17, 15) is 9.59 Å². The molecule has 7 nitrogen and oxygen atoms in total. The van der Waals surface area contributed by atoms with Crippen LogP contribution in [0.4, 0.5) is 9.93 Å². The molecule has 2 amide bonds. The van der Waals surface area contributed by atoms with Crippen molar-refractivity contribution in [3.63, 3.8) is 0 Å². The molecule has 0 radical (unpaired) electrons. The van der Waals surface area contributed by atoms with Gasteiger partial charge in [-0.25, -0.2) is 9.78 Å². The van der Waals surface area contributed by atoms with Gasteiger partial charge in [0.1, 0.15) is 0 Å². The molecule has 2 N–H and O–H groups in total. The number of rotatable bonds is 7. The number of anilines is 1. The molecule has 2 rings (SSSR count). The predicted molar refractivity (Wildman–Crippen MR) is 91.7 cm³/mol. The van der Waals surface area contributed by atoms with E-state index in [0.29, 0.717) is 24.0 Å². The quantitative estimate of drug-likeness (QED) is 0.802. The molecule has 8 heteroatoms. The molecular formula is C16H20N4O3S. The number of nitrogens with one attached hydrogen (secondary N) is 2. The second-order valence-electron chi connectivity index (χ2n) is 5.54. The molecule has 0 aliphatic carbocycles. The van der Waals surface area contributed by atoms with Gasteiger partial charge < -0.3 is 10.1 Å². The summed E-state index contributed by atoms with van der Waals surface area (Å²) in [6.07, 6.45) is 1.29. The predicted octanol–water partition coefficient (Wildman–Crippen LogP) is 2.60. The molecule has 2 aromatic heterocycles. The first-order valence-electron chi connectivity index (χ1n) is 7.57. The first-order valence-corrected chi connectivity index (χ1v) is 8.45. The Balaban J connectivity index is 1.76. The second-order valence-corrected chi connectivity index (χ2v) is 6.39. The van der Waals surface area contributed by atoms with E-state index in [1.165, 1.54) is 11.3 Å². The third kappa shape index (κ3) is 6.33. The number of pyridine rings is 1. The third-order valence-electron chi connectivity index (χ3n) is 2.84. The topological polar surface area (TPSA) is 93.2 Å². The minimum atomic E-state index is -0.538. The summed E-state index contributed by atoms with van der Waals surface area (Å²) in [6.45, 7) is 4.63. The van der Waals surface area contributed by atoms with Crippen molar-refractivity contribution in [2.45, 2.75) is 26.8 Å². The van der Waals surface area contributed by atoms with E-state index in [1.54, 1.807) is 11.6 Å². The number of carbonyl (C=O) groups is 2. The van der Waals surface area contributed by atoms with Gasteiger partial charge in [0.25, 0.3) is 0 Å². The van der Waals surface area contributed by atoms with Gasteiger partial charge in [-0.15, -0.1) is 11.3 Å². The molecule has 0 spiro atoms. The maximum atomic E-state index is 11.9. The first-order chi connectivity index (χ1) is 11.5. The molecule has 2 aromatic rings. The molecular weight excluding hydrogens is 328 g/mol. The van der Waals surface area contributed by atoms with Gasteiger partial charge in [0.05, 0.1) is 31.0 Å². The highest BCUT2D eigenvalue weighted by atomic mass is 32.1. The summed E-state index contributed by atoms with van der Waals surface area (Å²) in [7, 11) is 0. The van der Waals surface area contributed by atoms with E-state index in [1.807, 2.05) is 32.0 Å². The van der Waals surface area contributed by atoms with Crippen molar-refractivity contribution in [3.8, 4) is 0 Å². The number of hydrogen-bond donors (Lipinski definition) is 2. The number of carbonyl (C=O) groups excluding carboxylic acids is 2. The summed E-state index contributed by atoms with van der Waals surface area (Å²) in [4.78, 5) is 31.8. The maximum Gasteiger partial charge on any atom is 0.413 e. The summed E-state index contributed by atoms with van der Waals surface area (Å²) < 4.78 is 5.02. The molecule has 0 saturated heterocycles. The van der Waals surface area contributed by atoms with Crippen molar-refractivity contribution in [2.24, 2.45) is 5.92 Å². The van der Waals surface area contributed by atoms with Gasteiger partial charge in [-0.1, -0.05) is 19.9 Å². The van der Waals surface area contributed by atoms with Gasteiger partial charge in [-0.3, -0.25) is 15.1 Å². The van der Waals surface area contributed by atoms with Crippen molar-refractivity contribution in [2.75, 3.05) is 11.9 Å². The Kier molecular flexibility index (Phi) is 6.68. The monoisotopic (exact) mass is 348 g/mol. The van der Waals surface area contributed by atoms with Crippen LogP contribution in [0.3, 0.4) is 0 Å². The van der Waals surface area contributed by atoms with Gasteiger partial charge in [-0.05, 0) is 18.1 Å². The molecule has 0 atom stereocenters. The molecule has 24 heavy (non-hydrogen) atoms. The fourth-order valence-electron chi connectivity index (χ4n) is 1.73. The van der Waals surface area contributed by atoms with E-state index >= 15 is 0 Å². The molecule has 0 bridgehead atoms. The van der Waals surface area contributed by atoms with Crippen LogP contribution in [0.2, 0.25) is 0 Å². The van der Waals surface area contributed by atoms with Crippen molar-refractivity contribution >= 4 is 28.5 Å². The Morgan fingerprint density at radius 1 is 1.29 bits per heavy atom. The highest BCUT2D eigenvalue weighted by molar-refractivity contribution is 7.13. The lowest BCUT2D eigenvalue weighted by Gasteiger charge is -2.06. The lowest BCUT2D eigenvalue weighted by atomic mass is 10.2. The van der Waals surface area contributed by atoms with Crippen molar-refractivity contribution in [1.82, 2.24) is 15.3 Å². The number of hydrogen-bond acceptors (Lipinski definition) is 6. The molecule has 0 fully saturated rings. The Hall–Kier alpha value is -2.48. The zero-order valence-corrected chi connectivity index (χ0v) is 14.4. The van der Waals surface area contributed by atoms with E-state index in [0.717, 1.165) is 5.69 Å². The lowest BCUT2D eigenvalue weighted by molar-refractivity contribution is -0.120. The summed E-state index contributed by atoms with van der Waals surface area (Å²) in [5.74, 6) is 0.116. The molecule has 128 valence electrons. The fraction of sp³-hybridized carbons (Fsp3) is 0.375. The summed E-state index contributed by atoms with van der Waals surface area (Å²) >= 11 is 1.25. The van der Waals surface area contributed by atoms with Gasteiger partial charge >= 0.3 is 6.09 Å². The molecule has 0 aliphatic heterocycles.